The van der Waals surface area contributed by atoms with Crippen LogP contribution in [0.2, 0.25) is 0 Å². The van der Waals surface area contributed by atoms with Gasteiger partial charge in [0.15, 0.2) is 5.79 Å². The molecule has 184 valence electrons. The molecule has 1 saturated carbocycles. The molecule has 3 aliphatic heterocycles. The molecule has 0 unspecified atom stereocenters. The van der Waals surface area contributed by atoms with Crippen molar-refractivity contribution in [3.05, 3.63) is 45.2 Å². The first-order valence-electron chi connectivity index (χ1n) is 12.4. The first kappa shape index (κ1) is 23.1. The van der Waals surface area contributed by atoms with Gasteiger partial charge in [-0.1, -0.05) is 49.3 Å². The summed E-state index contributed by atoms with van der Waals surface area (Å²) in [5.41, 5.74) is 0.803. The Morgan fingerprint density at radius 2 is 1.83 bits per heavy atom. The van der Waals surface area contributed by atoms with Crippen LogP contribution in [0, 0.1) is 0 Å². The van der Waals surface area contributed by atoms with E-state index in [-0.39, 0.29) is 17.5 Å². The Morgan fingerprint density at radius 1 is 1.09 bits per heavy atom. The van der Waals surface area contributed by atoms with Gasteiger partial charge in [0.2, 0.25) is 0 Å². The Labute approximate surface area is 213 Å². The van der Waals surface area contributed by atoms with Crippen molar-refractivity contribution in [3.63, 3.8) is 0 Å². The van der Waals surface area contributed by atoms with Gasteiger partial charge in [-0.05, 0) is 31.1 Å². The van der Waals surface area contributed by atoms with Crippen LogP contribution in [0.25, 0.3) is 11.7 Å². The van der Waals surface area contributed by atoms with Crippen LogP contribution in [0.1, 0.15) is 50.5 Å². The predicted molar refractivity (Wildman–Crippen MR) is 139 cm³/mol. The van der Waals surface area contributed by atoms with Crippen molar-refractivity contribution in [2.75, 3.05) is 31.2 Å². The number of fused-ring (bicyclic) bond motifs is 1. The molecule has 0 aromatic carbocycles. The van der Waals surface area contributed by atoms with Gasteiger partial charge in [-0.15, -0.1) is 0 Å². The van der Waals surface area contributed by atoms with Gasteiger partial charge in [0.1, 0.15) is 15.8 Å². The number of nitrogens with zero attached hydrogens (tertiary/aromatic N) is 4. The lowest BCUT2D eigenvalue weighted by molar-refractivity contribution is -0.169. The smallest absolute Gasteiger partial charge is 0.267 e. The summed E-state index contributed by atoms with van der Waals surface area (Å²) in [5, 5.41) is 0. The average Bonchev–Trinajstić information content (AvgIpc) is 3.45. The van der Waals surface area contributed by atoms with E-state index in [0.29, 0.717) is 65.4 Å². The minimum Gasteiger partial charge on any atom is -0.355 e. The molecule has 6 rings (SSSR count). The molecule has 4 fully saturated rings. The molecule has 1 spiro atoms. The highest BCUT2D eigenvalue weighted by molar-refractivity contribution is 8.26. The topological polar surface area (TPSA) is 76.4 Å². The van der Waals surface area contributed by atoms with Crippen LogP contribution in [-0.4, -0.2) is 62.6 Å². The normalized spacial score (nSPS) is 24.4. The van der Waals surface area contributed by atoms with Gasteiger partial charge < -0.3 is 14.4 Å². The molecule has 2 aromatic rings. The number of carbonyl (C=O) groups excluding carboxylic acids is 1. The Bertz CT molecular complexity index is 1250. The van der Waals surface area contributed by atoms with Gasteiger partial charge >= 0.3 is 0 Å². The van der Waals surface area contributed by atoms with Gasteiger partial charge in [0.25, 0.3) is 11.5 Å². The number of thioether (sulfide) groups is 1. The van der Waals surface area contributed by atoms with E-state index in [9.17, 15) is 9.59 Å². The second-order valence-electron chi connectivity index (χ2n) is 9.52. The van der Waals surface area contributed by atoms with Gasteiger partial charge in [-0.2, -0.15) is 0 Å². The monoisotopic (exact) mass is 512 g/mol. The molecule has 4 aliphatic rings. The highest BCUT2D eigenvalue weighted by atomic mass is 32.2. The molecule has 0 radical (unpaired) electrons. The number of rotatable bonds is 3. The van der Waals surface area contributed by atoms with Crippen LogP contribution >= 0.6 is 24.0 Å². The number of carbonyl (C=O) groups is 1. The molecule has 35 heavy (non-hydrogen) atoms. The van der Waals surface area contributed by atoms with Gasteiger partial charge in [0.05, 0.1) is 23.7 Å². The van der Waals surface area contributed by atoms with E-state index < -0.39 is 5.79 Å². The summed E-state index contributed by atoms with van der Waals surface area (Å²) in [6.45, 7) is 2.53. The van der Waals surface area contributed by atoms with E-state index in [1.165, 1.54) is 22.6 Å². The van der Waals surface area contributed by atoms with Crippen LogP contribution in [0.5, 0.6) is 0 Å². The zero-order valence-electron chi connectivity index (χ0n) is 19.5. The minimum absolute atomic E-state index is 0.0965. The SMILES string of the molecule is O=C1C(=Cc2c(N3CCC4(CC3)OCCO4)nc3ccccn3c2=O)SC(=S)N1C1CCCCC1. The number of pyridine rings is 1. The second-order valence-corrected chi connectivity index (χ2v) is 11.2. The molecule has 5 heterocycles. The number of hydrogen-bond donors (Lipinski definition) is 0. The molecule has 2 aromatic heterocycles. The number of anilines is 1. The molecule has 0 bridgehead atoms. The fourth-order valence-electron chi connectivity index (χ4n) is 5.57. The maximum Gasteiger partial charge on any atom is 0.267 e. The Kier molecular flexibility index (Phi) is 6.16. The summed E-state index contributed by atoms with van der Waals surface area (Å²) in [5.74, 6) is -0.0249. The summed E-state index contributed by atoms with van der Waals surface area (Å²) in [6.07, 6.45) is 10.2. The van der Waals surface area contributed by atoms with Crippen LogP contribution in [0.15, 0.2) is 34.1 Å². The number of thiocarbonyl (C=S) groups is 1. The van der Waals surface area contributed by atoms with Crippen LogP contribution in [0.4, 0.5) is 5.82 Å². The zero-order chi connectivity index (χ0) is 24.0. The lowest BCUT2D eigenvalue weighted by Crippen LogP contribution is -2.46. The third kappa shape index (κ3) is 4.20. The average molecular weight is 513 g/mol. The molecule has 10 heteroatoms. The van der Waals surface area contributed by atoms with E-state index in [0.717, 1.165) is 25.7 Å². The maximum absolute atomic E-state index is 13.6. The van der Waals surface area contributed by atoms with E-state index in [4.69, 9.17) is 26.7 Å². The van der Waals surface area contributed by atoms with E-state index in [1.54, 1.807) is 17.2 Å². The molecule has 0 N–H and O–H groups in total. The first-order valence-corrected chi connectivity index (χ1v) is 13.6. The van der Waals surface area contributed by atoms with Crippen molar-refractivity contribution in [2.45, 2.75) is 56.8 Å². The molecule has 1 amide bonds. The lowest BCUT2D eigenvalue weighted by Gasteiger charge is -2.38. The third-order valence-electron chi connectivity index (χ3n) is 7.43. The molecule has 8 nitrogen and oxygen atoms in total. The van der Waals surface area contributed by atoms with Crippen molar-refractivity contribution in [2.24, 2.45) is 0 Å². The standard InChI is InChI=1S/C25H28N4O4S2/c30-22-18(16-19-23(31)29(24(34)35-19)17-6-2-1-3-7-17)21(26-20-8-4-5-11-28(20)22)27-12-9-25(10-13-27)32-14-15-33-25/h4-5,8,11,16-17H,1-3,6-7,9-10,12-15H2. The highest BCUT2D eigenvalue weighted by Gasteiger charge is 2.41. The number of amides is 1. The third-order valence-corrected chi connectivity index (χ3v) is 8.76. The minimum atomic E-state index is -0.523. The van der Waals surface area contributed by atoms with E-state index in [1.807, 2.05) is 18.2 Å². The molecular weight excluding hydrogens is 484 g/mol. The number of hydrogen-bond acceptors (Lipinski definition) is 8. The van der Waals surface area contributed by atoms with Gasteiger partial charge in [-0.3, -0.25) is 18.9 Å². The van der Waals surface area contributed by atoms with Crippen LogP contribution < -0.4 is 10.5 Å². The Balaban J connectivity index is 1.37. The quantitative estimate of drug-likeness (QED) is 0.456. The van der Waals surface area contributed by atoms with Gasteiger partial charge in [-0.25, -0.2) is 4.98 Å². The Morgan fingerprint density at radius 3 is 2.57 bits per heavy atom. The number of piperidine rings is 1. The molecule has 0 atom stereocenters. The maximum atomic E-state index is 13.6. The fourth-order valence-corrected chi connectivity index (χ4v) is 6.95. The molecule has 3 saturated heterocycles. The largest absolute Gasteiger partial charge is 0.355 e. The highest BCUT2D eigenvalue weighted by Crippen LogP contribution is 2.38. The zero-order valence-corrected chi connectivity index (χ0v) is 21.1. The number of aromatic nitrogens is 2. The number of ether oxygens (including phenoxy) is 2. The van der Waals surface area contributed by atoms with Crippen molar-refractivity contribution >= 4 is 51.7 Å². The summed E-state index contributed by atoms with van der Waals surface area (Å²) in [7, 11) is 0. The molecular formula is C25H28N4O4S2. The Hall–Kier alpha value is -2.27. The van der Waals surface area contributed by atoms with Crippen molar-refractivity contribution in [3.8, 4) is 0 Å². The summed E-state index contributed by atoms with van der Waals surface area (Å²) < 4.78 is 13.9. The van der Waals surface area contributed by atoms with Crippen molar-refractivity contribution in [1.29, 1.82) is 0 Å². The van der Waals surface area contributed by atoms with Gasteiger partial charge in [0, 0.05) is 38.2 Å². The fraction of sp³-hybridized carbons (Fsp3) is 0.520. The lowest BCUT2D eigenvalue weighted by atomic mass is 9.94. The van der Waals surface area contributed by atoms with Crippen molar-refractivity contribution < 1.29 is 14.3 Å². The summed E-state index contributed by atoms with van der Waals surface area (Å²) >= 11 is 6.90. The summed E-state index contributed by atoms with van der Waals surface area (Å²) in [4.78, 5) is 36.3. The second kappa shape index (κ2) is 9.31. The molecule has 1 aliphatic carbocycles. The first-order chi connectivity index (χ1) is 17.0. The van der Waals surface area contributed by atoms with E-state index >= 15 is 0 Å². The van der Waals surface area contributed by atoms with Crippen LogP contribution in [0.3, 0.4) is 0 Å². The predicted octanol–water partition coefficient (Wildman–Crippen LogP) is 3.57. The summed E-state index contributed by atoms with van der Waals surface area (Å²) in [6, 6.07) is 5.65. The van der Waals surface area contributed by atoms with Crippen molar-refractivity contribution in [1.82, 2.24) is 14.3 Å². The van der Waals surface area contributed by atoms with E-state index in [2.05, 4.69) is 4.90 Å². The van der Waals surface area contributed by atoms with Crippen LogP contribution in [-0.2, 0) is 14.3 Å².